The van der Waals surface area contributed by atoms with E-state index < -0.39 is 36.6 Å². The summed E-state index contributed by atoms with van der Waals surface area (Å²) < 4.78 is 5.52. The Kier molecular flexibility index (Phi) is 6.84. The predicted octanol–water partition coefficient (Wildman–Crippen LogP) is 0.756. The monoisotopic (exact) mass is 415 g/mol. The van der Waals surface area contributed by atoms with E-state index in [0.717, 1.165) is 10.9 Å². The Balaban J connectivity index is 1.90. The topological polar surface area (TPSA) is 140 Å². The fourth-order valence-electron chi connectivity index (χ4n) is 3.62. The highest BCUT2D eigenvalue weighted by Crippen LogP contribution is 2.30. The number of nitrogens with one attached hydrogen (secondary N) is 1. The molecule has 1 unspecified atom stereocenters. The van der Waals surface area contributed by atoms with E-state index in [1.807, 2.05) is 31.2 Å². The second-order valence-corrected chi connectivity index (χ2v) is 7.33. The number of aliphatic hydroxyl groups is 4. The number of aliphatic hydroxyl groups excluding tert-OH is 4. The standard InChI is InChI=1S/C22H25NO7/c1-12-15-8-7-14(23-16(10-24)20(27)21(28)17(26)11-25)9-18(15)30-22(29)19(12)13-5-3-2-4-6-13/h2-5,7-10,13,16-17,20-21,23,25-28H,6,11H2,1H3/t13?,16-,17+,20+,21+/m0/s1. The molecule has 0 aliphatic heterocycles. The van der Waals surface area contributed by atoms with Gasteiger partial charge in [-0.3, -0.25) is 0 Å². The molecule has 0 spiro atoms. The van der Waals surface area contributed by atoms with E-state index in [1.54, 1.807) is 12.1 Å². The zero-order valence-corrected chi connectivity index (χ0v) is 16.4. The normalized spacial score (nSPS) is 20.0. The maximum Gasteiger partial charge on any atom is 0.340 e. The molecule has 1 aliphatic carbocycles. The zero-order chi connectivity index (χ0) is 21.8. The lowest BCUT2D eigenvalue weighted by molar-refractivity contribution is -0.117. The van der Waals surface area contributed by atoms with Crippen LogP contribution in [0.25, 0.3) is 11.0 Å². The van der Waals surface area contributed by atoms with Crippen LogP contribution in [0.3, 0.4) is 0 Å². The second kappa shape index (κ2) is 9.36. The summed E-state index contributed by atoms with van der Waals surface area (Å²) in [7, 11) is 0. The lowest BCUT2D eigenvalue weighted by Crippen LogP contribution is -2.49. The van der Waals surface area contributed by atoms with Crippen molar-refractivity contribution >= 4 is 22.9 Å². The third-order valence-corrected chi connectivity index (χ3v) is 5.34. The van der Waals surface area contributed by atoms with Crippen LogP contribution in [-0.2, 0) is 4.79 Å². The summed E-state index contributed by atoms with van der Waals surface area (Å²) in [4.78, 5) is 24.0. The van der Waals surface area contributed by atoms with E-state index in [4.69, 9.17) is 9.52 Å². The van der Waals surface area contributed by atoms with Crippen molar-refractivity contribution in [2.24, 2.45) is 0 Å². The van der Waals surface area contributed by atoms with E-state index >= 15 is 0 Å². The van der Waals surface area contributed by atoms with Gasteiger partial charge >= 0.3 is 5.63 Å². The van der Waals surface area contributed by atoms with Crippen molar-refractivity contribution in [3.8, 4) is 0 Å². The molecular weight excluding hydrogens is 390 g/mol. The Hall–Kier alpha value is -2.78. The number of aldehydes is 1. The Morgan fingerprint density at radius 3 is 2.63 bits per heavy atom. The van der Waals surface area contributed by atoms with Crippen molar-refractivity contribution in [3.05, 3.63) is 64.1 Å². The van der Waals surface area contributed by atoms with Crippen molar-refractivity contribution < 1.29 is 29.6 Å². The highest BCUT2D eigenvalue weighted by Gasteiger charge is 2.31. The summed E-state index contributed by atoms with van der Waals surface area (Å²) in [6.45, 7) is 1.09. The van der Waals surface area contributed by atoms with Gasteiger partial charge in [0.1, 0.15) is 36.2 Å². The molecule has 3 rings (SSSR count). The molecule has 1 aromatic carbocycles. The van der Waals surface area contributed by atoms with Gasteiger partial charge in [-0.2, -0.15) is 0 Å². The molecule has 1 heterocycles. The first kappa shape index (κ1) is 21.9. The van der Waals surface area contributed by atoms with Crippen LogP contribution in [0.5, 0.6) is 0 Å². The predicted molar refractivity (Wildman–Crippen MR) is 111 cm³/mol. The number of hydrogen-bond acceptors (Lipinski definition) is 8. The van der Waals surface area contributed by atoms with E-state index in [-0.39, 0.29) is 5.92 Å². The van der Waals surface area contributed by atoms with Crippen LogP contribution in [0.2, 0.25) is 0 Å². The van der Waals surface area contributed by atoms with Gasteiger partial charge in [0.25, 0.3) is 0 Å². The third-order valence-electron chi connectivity index (χ3n) is 5.34. The lowest BCUT2D eigenvalue weighted by Gasteiger charge is -2.27. The van der Waals surface area contributed by atoms with Gasteiger partial charge in [0.15, 0.2) is 0 Å². The van der Waals surface area contributed by atoms with Gasteiger partial charge < -0.3 is 35.0 Å². The molecular formula is C22H25NO7. The fraction of sp³-hybridized carbons (Fsp3) is 0.364. The van der Waals surface area contributed by atoms with Gasteiger partial charge in [-0.15, -0.1) is 0 Å². The van der Waals surface area contributed by atoms with Crippen molar-refractivity contribution in [2.75, 3.05) is 11.9 Å². The summed E-state index contributed by atoms with van der Waals surface area (Å²) in [6.07, 6.45) is 3.91. The number of carbonyl (C=O) groups excluding carboxylic acids is 1. The first-order valence-corrected chi connectivity index (χ1v) is 9.65. The lowest BCUT2D eigenvalue weighted by atomic mass is 9.89. The molecule has 0 saturated carbocycles. The zero-order valence-electron chi connectivity index (χ0n) is 16.4. The van der Waals surface area contributed by atoms with Crippen LogP contribution in [0, 0.1) is 6.92 Å². The third kappa shape index (κ3) is 4.36. The van der Waals surface area contributed by atoms with Crippen LogP contribution < -0.4 is 10.9 Å². The summed E-state index contributed by atoms with van der Waals surface area (Å²) in [5, 5.41) is 41.8. The Morgan fingerprint density at radius 1 is 1.23 bits per heavy atom. The van der Waals surface area contributed by atoms with Crippen LogP contribution in [0.15, 0.2) is 51.7 Å². The van der Waals surface area contributed by atoms with Gasteiger partial charge in [-0.05, 0) is 31.0 Å². The van der Waals surface area contributed by atoms with Gasteiger partial charge in [-0.25, -0.2) is 4.79 Å². The minimum atomic E-state index is -1.72. The number of hydrogen-bond donors (Lipinski definition) is 5. The summed E-state index contributed by atoms with van der Waals surface area (Å²) >= 11 is 0. The quantitative estimate of drug-likeness (QED) is 0.314. The highest BCUT2D eigenvalue weighted by molar-refractivity contribution is 5.85. The molecule has 5 N–H and O–H groups in total. The number of aryl methyl sites for hydroxylation is 1. The van der Waals surface area contributed by atoms with E-state index in [9.17, 15) is 24.9 Å². The molecule has 30 heavy (non-hydrogen) atoms. The van der Waals surface area contributed by atoms with Crippen LogP contribution in [0.1, 0.15) is 23.5 Å². The summed E-state index contributed by atoms with van der Waals surface area (Å²) in [5.41, 5.74) is 1.67. The molecule has 5 atom stereocenters. The highest BCUT2D eigenvalue weighted by atomic mass is 16.4. The Morgan fingerprint density at radius 2 is 2.00 bits per heavy atom. The molecule has 1 aliphatic rings. The Bertz CT molecular complexity index is 1030. The maximum absolute atomic E-state index is 12.6. The molecule has 0 saturated heterocycles. The van der Waals surface area contributed by atoms with Crippen molar-refractivity contribution in [3.63, 3.8) is 0 Å². The number of fused-ring (bicyclic) bond motifs is 1. The second-order valence-electron chi connectivity index (χ2n) is 7.33. The van der Waals surface area contributed by atoms with Gasteiger partial charge in [0.2, 0.25) is 0 Å². The molecule has 0 fully saturated rings. The molecule has 160 valence electrons. The van der Waals surface area contributed by atoms with Crippen LogP contribution in [-0.4, -0.2) is 57.7 Å². The number of allylic oxidation sites excluding steroid dienone is 4. The van der Waals surface area contributed by atoms with Crippen molar-refractivity contribution in [2.45, 2.75) is 43.6 Å². The molecule has 1 aromatic heterocycles. The van der Waals surface area contributed by atoms with Gasteiger partial charge in [0.05, 0.1) is 6.61 Å². The number of rotatable bonds is 8. The smallest absolute Gasteiger partial charge is 0.340 e. The summed E-state index contributed by atoms with van der Waals surface area (Å²) in [6, 6.07) is 3.68. The van der Waals surface area contributed by atoms with Gasteiger partial charge in [-0.1, -0.05) is 24.3 Å². The molecule has 2 aromatic rings. The number of benzene rings is 1. The van der Waals surface area contributed by atoms with Crippen LogP contribution in [0.4, 0.5) is 5.69 Å². The van der Waals surface area contributed by atoms with E-state index in [0.29, 0.717) is 29.5 Å². The molecule has 0 bridgehead atoms. The van der Waals surface area contributed by atoms with Crippen molar-refractivity contribution in [1.82, 2.24) is 0 Å². The first-order chi connectivity index (χ1) is 14.4. The van der Waals surface area contributed by atoms with Gasteiger partial charge in [0, 0.05) is 28.6 Å². The van der Waals surface area contributed by atoms with E-state index in [2.05, 4.69) is 5.32 Å². The average molecular weight is 415 g/mol. The number of carbonyl (C=O) groups is 1. The fourth-order valence-corrected chi connectivity index (χ4v) is 3.62. The first-order valence-electron chi connectivity index (χ1n) is 9.65. The Labute approximate surface area is 172 Å². The molecule has 0 radical (unpaired) electrons. The van der Waals surface area contributed by atoms with Crippen LogP contribution >= 0.6 is 0 Å². The largest absolute Gasteiger partial charge is 0.422 e. The van der Waals surface area contributed by atoms with E-state index in [1.165, 1.54) is 6.07 Å². The SMILES string of the molecule is Cc1c(C2C=CC=CC2)c(=O)oc2cc(N[C@@H](C=O)[C@@H](O)[C@H](O)[C@H](O)CO)ccc12. The minimum absolute atomic E-state index is 0.0533. The van der Waals surface area contributed by atoms with Crippen molar-refractivity contribution in [1.29, 1.82) is 0 Å². The molecule has 8 nitrogen and oxygen atoms in total. The molecule has 8 heteroatoms. The minimum Gasteiger partial charge on any atom is -0.422 e. The molecule has 0 amide bonds. The summed E-state index contributed by atoms with van der Waals surface area (Å²) in [5.74, 6) is -0.0533. The maximum atomic E-state index is 12.6. The number of anilines is 1. The average Bonchev–Trinajstić information content (AvgIpc) is 2.76.